The van der Waals surface area contributed by atoms with Crippen molar-refractivity contribution in [1.82, 2.24) is 4.98 Å². The van der Waals surface area contributed by atoms with Gasteiger partial charge in [0.05, 0.1) is 0 Å². The molecule has 1 aliphatic heterocycles. The van der Waals surface area contributed by atoms with Gasteiger partial charge in [0.1, 0.15) is 5.82 Å². The Kier molecular flexibility index (Phi) is 2.03. The van der Waals surface area contributed by atoms with Crippen molar-refractivity contribution in [3.63, 3.8) is 0 Å². The minimum absolute atomic E-state index is 0.796. The molecule has 0 radical (unpaired) electrons. The highest BCUT2D eigenvalue weighted by atomic mass is 15.2. The van der Waals surface area contributed by atoms with Gasteiger partial charge in [-0.2, -0.15) is 0 Å². The van der Waals surface area contributed by atoms with Crippen molar-refractivity contribution < 1.29 is 0 Å². The molecule has 2 aromatic rings. The zero-order chi connectivity index (χ0) is 11.0. The van der Waals surface area contributed by atoms with Crippen molar-refractivity contribution in [1.29, 1.82) is 0 Å². The molecular weight excluding hydrogens is 198 g/mol. The molecule has 0 spiro atoms. The van der Waals surface area contributed by atoms with Crippen LogP contribution >= 0.6 is 0 Å². The van der Waals surface area contributed by atoms with Crippen molar-refractivity contribution >= 4 is 17.2 Å². The van der Waals surface area contributed by atoms with Crippen LogP contribution < -0.4 is 10.6 Å². The molecule has 3 nitrogen and oxygen atoms in total. The molecule has 3 rings (SSSR count). The lowest BCUT2D eigenvalue weighted by atomic mass is 10.2. The van der Waals surface area contributed by atoms with E-state index in [9.17, 15) is 0 Å². The zero-order valence-corrected chi connectivity index (χ0v) is 8.93. The summed E-state index contributed by atoms with van der Waals surface area (Å²) in [4.78, 5) is 6.67. The second-order valence-corrected chi connectivity index (χ2v) is 3.98. The summed E-state index contributed by atoms with van der Waals surface area (Å²) >= 11 is 0. The minimum Gasteiger partial charge on any atom is -0.399 e. The van der Waals surface area contributed by atoms with Crippen LogP contribution in [0, 0.1) is 0 Å². The molecule has 1 aromatic heterocycles. The summed E-state index contributed by atoms with van der Waals surface area (Å²) in [6, 6.07) is 12.1. The molecule has 1 aliphatic rings. The minimum atomic E-state index is 0.796. The quantitative estimate of drug-likeness (QED) is 0.736. The molecule has 0 amide bonds. The monoisotopic (exact) mass is 211 g/mol. The maximum Gasteiger partial charge on any atom is 0.136 e. The van der Waals surface area contributed by atoms with Crippen LogP contribution in [0.5, 0.6) is 0 Å². The van der Waals surface area contributed by atoms with Gasteiger partial charge >= 0.3 is 0 Å². The van der Waals surface area contributed by atoms with E-state index in [0.29, 0.717) is 0 Å². The molecule has 0 unspecified atom stereocenters. The highest BCUT2D eigenvalue weighted by molar-refractivity contribution is 5.67. The van der Waals surface area contributed by atoms with Gasteiger partial charge in [0.25, 0.3) is 0 Å². The van der Waals surface area contributed by atoms with Gasteiger partial charge in [0, 0.05) is 24.1 Å². The van der Waals surface area contributed by atoms with Crippen molar-refractivity contribution in [2.24, 2.45) is 0 Å². The number of fused-ring (bicyclic) bond motifs is 1. The maximum atomic E-state index is 5.69. The lowest BCUT2D eigenvalue weighted by molar-refractivity contribution is 0.990. The van der Waals surface area contributed by atoms with Crippen molar-refractivity contribution in [2.75, 3.05) is 17.2 Å². The van der Waals surface area contributed by atoms with E-state index in [4.69, 9.17) is 5.73 Å². The third-order valence-electron chi connectivity index (χ3n) is 2.93. The highest BCUT2D eigenvalue weighted by Crippen LogP contribution is 2.32. The molecule has 2 heterocycles. The van der Waals surface area contributed by atoms with E-state index in [1.54, 1.807) is 0 Å². The average molecular weight is 211 g/mol. The Morgan fingerprint density at radius 2 is 1.94 bits per heavy atom. The van der Waals surface area contributed by atoms with E-state index in [2.05, 4.69) is 16.0 Å². The highest BCUT2D eigenvalue weighted by Gasteiger charge is 2.20. The van der Waals surface area contributed by atoms with Crippen LogP contribution in [0.4, 0.5) is 17.2 Å². The fourth-order valence-corrected chi connectivity index (χ4v) is 2.11. The van der Waals surface area contributed by atoms with Crippen LogP contribution in [0.25, 0.3) is 0 Å². The number of nitrogen functional groups attached to an aromatic ring is 1. The Morgan fingerprint density at radius 1 is 1.12 bits per heavy atom. The number of benzene rings is 1. The first-order valence-corrected chi connectivity index (χ1v) is 5.41. The Balaban J connectivity index is 2.01. The predicted octanol–water partition coefficient (Wildman–Crippen LogP) is 2.36. The van der Waals surface area contributed by atoms with Gasteiger partial charge in [-0.3, -0.25) is 0 Å². The molecule has 0 atom stereocenters. The topological polar surface area (TPSA) is 42.1 Å². The van der Waals surface area contributed by atoms with E-state index >= 15 is 0 Å². The largest absolute Gasteiger partial charge is 0.399 e. The summed E-state index contributed by atoms with van der Waals surface area (Å²) in [6.45, 7) is 0.996. The van der Waals surface area contributed by atoms with E-state index in [1.807, 2.05) is 36.5 Å². The molecule has 0 aliphatic carbocycles. The number of aromatic nitrogens is 1. The lowest BCUT2D eigenvalue weighted by Crippen LogP contribution is -2.14. The van der Waals surface area contributed by atoms with Crippen LogP contribution in [-0.4, -0.2) is 11.5 Å². The second-order valence-electron chi connectivity index (χ2n) is 3.98. The number of nitrogens with zero attached hydrogens (tertiary/aromatic N) is 2. The molecule has 0 saturated heterocycles. The molecule has 2 N–H and O–H groups in total. The number of hydrogen-bond donors (Lipinski definition) is 1. The molecule has 3 heteroatoms. The fraction of sp³-hybridized carbons (Fsp3) is 0.154. The van der Waals surface area contributed by atoms with Crippen LogP contribution in [0.3, 0.4) is 0 Å². The Labute approximate surface area is 94.5 Å². The molecule has 0 fully saturated rings. The van der Waals surface area contributed by atoms with E-state index < -0.39 is 0 Å². The number of rotatable bonds is 1. The summed E-state index contributed by atoms with van der Waals surface area (Å²) in [6.07, 6.45) is 2.90. The summed E-state index contributed by atoms with van der Waals surface area (Å²) < 4.78 is 0. The normalized spacial score (nSPS) is 13.9. The van der Waals surface area contributed by atoms with Crippen molar-refractivity contribution in [3.8, 4) is 0 Å². The van der Waals surface area contributed by atoms with Crippen LogP contribution in [0.15, 0.2) is 42.6 Å². The summed E-state index contributed by atoms with van der Waals surface area (Å²) in [5, 5.41) is 0. The molecule has 0 bridgehead atoms. The number of nitrogens with two attached hydrogens (primary N) is 1. The van der Waals surface area contributed by atoms with Gasteiger partial charge in [0.15, 0.2) is 0 Å². The van der Waals surface area contributed by atoms with Crippen LogP contribution in [0.2, 0.25) is 0 Å². The SMILES string of the molecule is Nc1ccc(N2CCc3cccnc32)cc1. The predicted molar refractivity (Wildman–Crippen MR) is 65.8 cm³/mol. The second kappa shape index (κ2) is 3.52. The van der Waals surface area contributed by atoms with E-state index in [0.717, 1.165) is 30.2 Å². The molecule has 1 aromatic carbocycles. The molecule has 80 valence electrons. The smallest absolute Gasteiger partial charge is 0.136 e. The third kappa shape index (κ3) is 1.41. The van der Waals surface area contributed by atoms with Crippen molar-refractivity contribution in [3.05, 3.63) is 48.2 Å². The maximum absolute atomic E-state index is 5.69. The summed E-state index contributed by atoms with van der Waals surface area (Å²) in [7, 11) is 0. The fourth-order valence-electron chi connectivity index (χ4n) is 2.11. The van der Waals surface area contributed by atoms with Crippen LogP contribution in [-0.2, 0) is 6.42 Å². The standard InChI is InChI=1S/C13H13N3/c14-11-3-5-12(6-4-11)16-9-7-10-2-1-8-15-13(10)16/h1-6,8H,7,9,14H2. The first kappa shape index (κ1) is 9.21. The van der Waals surface area contributed by atoms with E-state index in [-0.39, 0.29) is 0 Å². The van der Waals surface area contributed by atoms with Gasteiger partial charge in [-0.25, -0.2) is 4.98 Å². The van der Waals surface area contributed by atoms with Gasteiger partial charge in [-0.05, 0) is 42.3 Å². The Hall–Kier alpha value is -2.03. The summed E-state index contributed by atoms with van der Waals surface area (Å²) in [5.74, 6) is 1.08. The number of pyridine rings is 1. The molecular formula is C13H13N3. The number of anilines is 3. The van der Waals surface area contributed by atoms with Crippen LogP contribution in [0.1, 0.15) is 5.56 Å². The van der Waals surface area contributed by atoms with Gasteiger partial charge < -0.3 is 10.6 Å². The van der Waals surface area contributed by atoms with Gasteiger partial charge in [-0.15, -0.1) is 0 Å². The summed E-state index contributed by atoms with van der Waals surface area (Å²) in [5.41, 5.74) is 8.96. The lowest BCUT2D eigenvalue weighted by Gasteiger charge is -2.18. The Morgan fingerprint density at radius 3 is 2.75 bits per heavy atom. The Bertz CT molecular complexity index is 505. The number of hydrogen-bond acceptors (Lipinski definition) is 3. The first-order chi connectivity index (χ1) is 7.84. The van der Waals surface area contributed by atoms with Crippen molar-refractivity contribution in [2.45, 2.75) is 6.42 Å². The third-order valence-corrected chi connectivity index (χ3v) is 2.93. The first-order valence-electron chi connectivity index (χ1n) is 5.41. The van der Waals surface area contributed by atoms with Gasteiger partial charge in [0.2, 0.25) is 0 Å². The van der Waals surface area contributed by atoms with Gasteiger partial charge in [-0.1, -0.05) is 6.07 Å². The van der Waals surface area contributed by atoms with E-state index in [1.165, 1.54) is 5.56 Å². The zero-order valence-electron chi connectivity index (χ0n) is 8.93. The molecule has 16 heavy (non-hydrogen) atoms. The molecule has 0 saturated carbocycles. The average Bonchev–Trinajstić information content (AvgIpc) is 2.74.